The highest BCUT2D eigenvalue weighted by atomic mass is 16.5. The van der Waals surface area contributed by atoms with Crippen molar-refractivity contribution in [2.75, 3.05) is 19.8 Å². The van der Waals surface area contributed by atoms with E-state index in [1.54, 1.807) is 6.92 Å². The Morgan fingerprint density at radius 2 is 1.84 bits per heavy atom. The third-order valence-electron chi connectivity index (χ3n) is 5.60. The summed E-state index contributed by atoms with van der Waals surface area (Å²) in [6.45, 7) is 5.68. The van der Waals surface area contributed by atoms with Crippen LogP contribution in [0.4, 0.5) is 0 Å². The molecule has 162 valence electrons. The molecule has 2 atom stereocenters. The van der Waals surface area contributed by atoms with Crippen LogP contribution >= 0.6 is 0 Å². The van der Waals surface area contributed by atoms with E-state index in [1.165, 1.54) is 11.1 Å². The lowest BCUT2D eigenvalue weighted by molar-refractivity contribution is -0.153. The second-order valence-corrected chi connectivity index (χ2v) is 7.53. The zero-order chi connectivity index (χ0) is 21.8. The Morgan fingerprint density at radius 3 is 2.61 bits per heavy atom. The van der Waals surface area contributed by atoms with Gasteiger partial charge in [-0.2, -0.15) is 0 Å². The van der Waals surface area contributed by atoms with E-state index in [1.807, 2.05) is 43.3 Å². The van der Waals surface area contributed by atoms with E-state index in [4.69, 9.17) is 14.5 Å². The highest BCUT2D eigenvalue weighted by Gasteiger charge is 2.43. The van der Waals surface area contributed by atoms with E-state index in [0.717, 1.165) is 13.0 Å². The topological polar surface area (TPSA) is 80.2 Å². The molecule has 4 rings (SSSR count). The minimum Gasteiger partial charge on any atom is -0.494 e. The maximum absolute atomic E-state index is 13.1. The monoisotopic (exact) mass is 421 g/mol. The first-order chi connectivity index (χ1) is 15.1. The molecule has 7 heteroatoms. The van der Waals surface area contributed by atoms with Gasteiger partial charge in [-0.15, -0.1) is 0 Å². The van der Waals surface area contributed by atoms with Crippen molar-refractivity contribution >= 4 is 17.8 Å². The highest BCUT2D eigenvalue weighted by molar-refractivity contribution is 6.08. The molecule has 7 nitrogen and oxygen atoms in total. The minimum absolute atomic E-state index is 0.196. The number of nitrogens with zero attached hydrogens (tertiary/aromatic N) is 2. The van der Waals surface area contributed by atoms with Gasteiger partial charge in [0.25, 0.3) is 0 Å². The summed E-state index contributed by atoms with van der Waals surface area (Å²) in [7, 11) is 0. The molecule has 2 heterocycles. The average Bonchev–Trinajstić information content (AvgIpc) is 2.79. The summed E-state index contributed by atoms with van der Waals surface area (Å²) < 4.78 is 11.0. The number of ether oxygens (including phenoxy) is 2. The molecule has 0 saturated carbocycles. The van der Waals surface area contributed by atoms with Crippen molar-refractivity contribution in [3.63, 3.8) is 0 Å². The number of carbonyl (C=O) groups is 2. The lowest BCUT2D eigenvalue weighted by atomic mass is 9.90. The van der Waals surface area contributed by atoms with Crippen LogP contribution in [0, 0.1) is 5.92 Å². The number of hydrogen-bond acceptors (Lipinski definition) is 6. The number of hydrogen-bond donors (Lipinski definition) is 1. The number of guanidine groups is 1. The molecule has 0 spiro atoms. The first-order valence-electron chi connectivity index (χ1n) is 10.7. The molecule has 0 radical (unpaired) electrons. The van der Waals surface area contributed by atoms with Crippen molar-refractivity contribution in [2.24, 2.45) is 10.9 Å². The summed E-state index contributed by atoms with van der Waals surface area (Å²) >= 11 is 0. The van der Waals surface area contributed by atoms with Gasteiger partial charge in [-0.3, -0.25) is 14.9 Å². The quantitative estimate of drug-likeness (QED) is 0.593. The summed E-state index contributed by atoms with van der Waals surface area (Å²) in [5.41, 5.74) is 3.22. The Kier molecular flexibility index (Phi) is 6.21. The predicted octanol–water partition coefficient (Wildman–Crippen LogP) is 2.85. The Bertz CT molecular complexity index is 1000. The first-order valence-corrected chi connectivity index (χ1v) is 10.7. The van der Waals surface area contributed by atoms with Crippen LogP contribution in [0.25, 0.3) is 0 Å². The van der Waals surface area contributed by atoms with Gasteiger partial charge in [-0.25, -0.2) is 4.99 Å². The summed E-state index contributed by atoms with van der Waals surface area (Å²) in [6.07, 6.45) is 0.868. The van der Waals surface area contributed by atoms with Gasteiger partial charge in [-0.1, -0.05) is 42.5 Å². The average molecular weight is 421 g/mol. The maximum atomic E-state index is 13.1. The number of rotatable bonds is 5. The number of para-hydroxylation sites is 1. The fourth-order valence-electron chi connectivity index (χ4n) is 4.14. The molecule has 0 fully saturated rings. The molecular weight excluding hydrogens is 394 g/mol. The second kappa shape index (κ2) is 9.20. The molecule has 0 unspecified atom stereocenters. The van der Waals surface area contributed by atoms with E-state index >= 15 is 0 Å². The van der Waals surface area contributed by atoms with Gasteiger partial charge < -0.3 is 14.4 Å². The largest absolute Gasteiger partial charge is 0.494 e. The number of fused-ring (bicyclic) bond motifs is 1. The smallest absolute Gasteiger partial charge is 0.321 e. The molecule has 1 amide bonds. The van der Waals surface area contributed by atoms with Gasteiger partial charge in [0.1, 0.15) is 11.8 Å². The van der Waals surface area contributed by atoms with Gasteiger partial charge in [0.05, 0.1) is 13.2 Å². The van der Waals surface area contributed by atoms with E-state index in [9.17, 15) is 9.59 Å². The van der Waals surface area contributed by atoms with Crippen molar-refractivity contribution < 1.29 is 19.1 Å². The first kappa shape index (κ1) is 20.9. The van der Waals surface area contributed by atoms with Gasteiger partial charge in [0, 0.05) is 18.7 Å². The third-order valence-corrected chi connectivity index (χ3v) is 5.60. The van der Waals surface area contributed by atoms with Crippen molar-refractivity contribution in [1.29, 1.82) is 0 Å². The Labute approximate surface area is 182 Å². The Morgan fingerprint density at radius 1 is 1.10 bits per heavy atom. The number of amides is 1. The second-order valence-electron chi connectivity index (χ2n) is 7.53. The maximum Gasteiger partial charge on any atom is 0.321 e. The zero-order valence-electron chi connectivity index (χ0n) is 17.8. The molecule has 2 aromatic carbocycles. The number of aliphatic imine (C=N–C) groups is 1. The zero-order valence-corrected chi connectivity index (χ0v) is 17.8. The van der Waals surface area contributed by atoms with Gasteiger partial charge in [0.15, 0.2) is 5.92 Å². The molecule has 0 aromatic heterocycles. The predicted molar refractivity (Wildman–Crippen MR) is 117 cm³/mol. The molecule has 2 aromatic rings. The SMILES string of the molecule is CCOC(=O)[C@@H]1C(=O)NC(N2CCc3ccccc3C2)=N[C@@H]1c1ccccc1OCC. The van der Waals surface area contributed by atoms with Crippen LogP contribution in [-0.2, 0) is 27.3 Å². The molecule has 2 aliphatic rings. The molecule has 0 saturated heterocycles. The van der Waals surface area contributed by atoms with E-state index in [-0.39, 0.29) is 6.61 Å². The molecule has 2 aliphatic heterocycles. The van der Waals surface area contributed by atoms with Crippen LogP contribution in [0.3, 0.4) is 0 Å². The van der Waals surface area contributed by atoms with Gasteiger partial charge in [-0.05, 0) is 37.5 Å². The number of esters is 1. The molecule has 31 heavy (non-hydrogen) atoms. The van der Waals surface area contributed by atoms with Crippen molar-refractivity contribution in [3.05, 3.63) is 65.2 Å². The standard InChI is InChI=1S/C24H27N3O4/c1-3-30-19-12-8-7-11-18(19)21-20(23(29)31-4-2)22(28)26-24(25-21)27-14-13-16-9-5-6-10-17(16)15-27/h5-12,20-21H,3-4,13-15H2,1-2H3,(H,25,26,28)/t20-,21+/m0/s1. The fourth-order valence-corrected chi connectivity index (χ4v) is 4.14. The molecular formula is C24H27N3O4. The molecule has 1 N–H and O–H groups in total. The Hall–Kier alpha value is -3.35. The van der Waals surface area contributed by atoms with Gasteiger partial charge >= 0.3 is 5.97 Å². The number of nitrogens with one attached hydrogen (secondary N) is 1. The molecule has 0 bridgehead atoms. The van der Waals surface area contributed by atoms with E-state index in [0.29, 0.717) is 30.4 Å². The van der Waals surface area contributed by atoms with Crippen LogP contribution in [0.1, 0.15) is 36.6 Å². The summed E-state index contributed by atoms with van der Waals surface area (Å²) in [5, 5.41) is 2.85. The summed E-state index contributed by atoms with van der Waals surface area (Å²) in [4.78, 5) is 32.7. The van der Waals surface area contributed by atoms with Crippen molar-refractivity contribution in [3.8, 4) is 5.75 Å². The molecule has 0 aliphatic carbocycles. The van der Waals surface area contributed by atoms with Crippen molar-refractivity contribution in [1.82, 2.24) is 10.2 Å². The summed E-state index contributed by atoms with van der Waals surface area (Å²) in [6, 6.07) is 15.0. The van der Waals surface area contributed by atoms with Crippen LogP contribution in [0.15, 0.2) is 53.5 Å². The van der Waals surface area contributed by atoms with Crippen molar-refractivity contribution in [2.45, 2.75) is 32.9 Å². The lowest BCUT2D eigenvalue weighted by Crippen LogP contribution is -2.53. The fraction of sp³-hybridized carbons (Fsp3) is 0.375. The van der Waals surface area contributed by atoms with E-state index in [2.05, 4.69) is 22.3 Å². The van der Waals surface area contributed by atoms with E-state index < -0.39 is 23.8 Å². The normalized spacial score (nSPS) is 20.4. The summed E-state index contributed by atoms with van der Waals surface area (Å²) in [5.74, 6) is -0.952. The number of carbonyl (C=O) groups excluding carboxylic acids is 2. The Balaban J connectivity index is 1.72. The van der Waals surface area contributed by atoms with Crippen LogP contribution < -0.4 is 10.1 Å². The highest BCUT2D eigenvalue weighted by Crippen LogP contribution is 2.36. The number of benzene rings is 2. The van der Waals surface area contributed by atoms with Crippen LogP contribution in [0.2, 0.25) is 0 Å². The lowest BCUT2D eigenvalue weighted by Gasteiger charge is -2.36. The van der Waals surface area contributed by atoms with Gasteiger partial charge in [0.2, 0.25) is 11.9 Å². The van der Waals surface area contributed by atoms with Crippen LogP contribution in [-0.4, -0.2) is 42.5 Å². The third kappa shape index (κ3) is 4.26. The van der Waals surface area contributed by atoms with Crippen LogP contribution in [0.5, 0.6) is 5.75 Å². The minimum atomic E-state index is -1.07.